The molecule has 0 fully saturated rings. The summed E-state index contributed by atoms with van der Waals surface area (Å²) in [4.78, 5) is 38.4. The highest BCUT2D eigenvalue weighted by atomic mass is 16.6. The number of hydrogen-bond acceptors (Lipinski definition) is 6. The van der Waals surface area contributed by atoms with Crippen molar-refractivity contribution in [2.45, 2.75) is 322 Å². The fourth-order valence-electron chi connectivity index (χ4n) is 9.35. The Labute approximate surface area is 489 Å². The Morgan fingerprint density at radius 1 is 0.266 bits per heavy atom. The molecule has 0 N–H and O–H groups in total. The van der Waals surface area contributed by atoms with Gasteiger partial charge in [-0.3, -0.25) is 14.4 Å². The number of carbonyl (C=O) groups excluding carboxylic acids is 3. The lowest BCUT2D eigenvalue weighted by Crippen LogP contribution is -2.30. The Hall–Kier alpha value is -3.93. The van der Waals surface area contributed by atoms with Crippen LogP contribution in [-0.2, 0) is 28.6 Å². The molecule has 6 nitrogen and oxygen atoms in total. The molecule has 0 saturated heterocycles. The van der Waals surface area contributed by atoms with Gasteiger partial charge in [0.15, 0.2) is 6.10 Å². The van der Waals surface area contributed by atoms with Gasteiger partial charge in [-0.05, 0) is 103 Å². The van der Waals surface area contributed by atoms with Crippen molar-refractivity contribution < 1.29 is 28.6 Å². The maximum Gasteiger partial charge on any atom is 0.306 e. The molecule has 0 bridgehead atoms. The van der Waals surface area contributed by atoms with Gasteiger partial charge in [0.25, 0.3) is 0 Å². The minimum atomic E-state index is -0.792. The van der Waals surface area contributed by atoms with Gasteiger partial charge in [-0.1, -0.05) is 304 Å². The zero-order chi connectivity index (χ0) is 57.1. The van der Waals surface area contributed by atoms with Gasteiger partial charge in [-0.25, -0.2) is 0 Å². The molecule has 0 aromatic carbocycles. The highest BCUT2D eigenvalue weighted by molar-refractivity contribution is 5.71. The first-order chi connectivity index (χ1) is 39.0. The van der Waals surface area contributed by atoms with Crippen LogP contribution in [-0.4, -0.2) is 37.2 Å². The standard InChI is InChI=1S/C73H124O6/c1-4-7-10-13-16-19-22-25-28-31-33-35-36-38-39-42-45-48-51-54-57-60-63-66-72(75)78-69-70(68-77-71(74)65-62-59-56-53-50-47-44-41-30-27-24-21-18-15-12-9-6-3)79-73(76)67-64-61-58-55-52-49-46-43-40-37-34-32-29-26-23-20-17-14-11-8-5-2/h7-8,10-11,16-17,19-20,25-26,28-29,33-35,37,43,46,70H,4-6,9,12-15,18,21-24,27,30-32,36,38-42,44-45,47-69H2,1-3H3/b10-7-,11-8-,19-16-,20-17-,28-25-,29-26-,35-33-,37-34-,46-43-. The van der Waals surface area contributed by atoms with Crippen LogP contribution in [0.2, 0.25) is 0 Å². The van der Waals surface area contributed by atoms with Crippen LogP contribution in [0.1, 0.15) is 316 Å². The largest absolute Gasteiger partial charge is 0.462 e. The molecule has 0 aromatic rings. The van der Waals surface area contributed by atoms with E-state index in [-0.39, 0.29) is 31.1 Å². The zero-order valence-electron chi connectivity index (χ0n) is 51.9. The Morgan fingerprint density at radius 2 is 0.494 bits per heavy atom. The molecule has 0 radical (unpaired) electrons. The lowest BCUT2D eigenvalue weighted by atomic mass is 10.0. The van der Waals surface area contributed by atoms with Gasteiger partial charge in [0.2, 0.25) is 0 Å². The molecular formula is C73H124O6. The van der Waals surface area contributed by atoms with Crippen molar-refractivity contribution in [3.05, 3.63) is 109 Å². The van der Waals surface area contributed by atoms with Crippen molar-refractivity contribution >= 4 is 17.9 Å². The van der Waals surface area contributed by atoms with E-state index in [0.717, 1.165) is 135 Å². The quantitative estimate of drug-likeness (QED) is 0.0261. The molecule has 0 aliphatic rings. The van der Waals surface area contributed by atoms with Crippen LogP contribution in [0.3, 0.4) is 0 Å². The first-order valence-corrected chi connectivity index (χ1v) is 33.4. The van der Waals surface area contributed by atoms with Gasteiger partial charge in [0.1, 0.15) is 13.2 Å². The number of unbranched alkanes of at least 4 members (excludes halogenated alkanes) is 31. The topological polar surface area (TPSA) is 78.9 Å². The summed E-state index contributed by atoms with van der Waals surface area (Å²) in [6, 6.07) is 0. The van der Waals surface area contributed by atoms with Gasteiger partial charge >= 0.3 is 17.9 Å². The van der Waals surface area contributed by atoms with E-state index in [2.05, 4.69) is 130 Å². The van der Waals surface area contributed by atoms with E-state index in [9.17, 15) is 14.4 Å². The second kappa shape index (κ2) is 66.6. The first kappa shape index (κ1) is 75.1. The Kier molecular flexibility index (Phi) is 63.3. The molecule has 0 aliphatic carbocycles. The van der Waals surface area contributed by atoms with E-state index in [1.165, 1.54) is 141 Å². The number of ether oxygens (including phenoxy) is 3. The number of hydrogen-bond donors (Lipinski definition) is 0. The Bertz CT molecular complexity index is 1590. The highest BCUT2D eigenvalue weighted by Crippen LogP contribution is 2.17. The van der Waals surface area contributed by atoms with E-state index < -0.39 is 6.10 Å². The summed E-state index contributed by atoms with van der Waals surface area (Å²) in [7, 11) is 0. The third-order valence-corrected chi connectivity index (χ3v) is 14.3. The fourth-order valence-corrected chi connectivity index (χ4v) is 9.35. The molecule has 6 heteroatoms. The predicted octanol–water partition coefficient (Wildman–Crippen LogP) is 23.0. The van der Waals surface area contributed by atoms with Gasteiger partial charge < -0.3 is 14.2 Å². The summed E-state index contributed by atoms with van der Waals surface area (Å²) in [5.41, 5.74) is 0. The molecule has 0 rings (SSSR count). The van der Waals surface area contributed by atoms with Gasteiger partial charge in [-0.15, -0.1) is 0 Å². The molecule has 0 spiro atoms. The molecule has 1 unspecified atom stereocenters. The van der Waals surface area contributed by atoms with Crippen LogP contribution < -0.4 is 0 Å². The lowest BCUT2D eigenvalue weighted by molar-refractivity contribution is -0.167. The van der Waals surface area contributed by atoms with Crippen molar-refractivity contribution in [1.29, 1.82) is 0 Å². The third-order valence-electron chi connectivity index (χ3n) is 14.3. The summed E-state index contributed by atoms with van der Waals surface area (Å²) in [6.07, 6.45) is 90.9. The van der Waals surface area contributed by atoms with Crippen molar-refractivity contribution in [2.24, 2.45) is 0 Å². The molecule has 0 aliphatic heterocycles. The summed E-state index contributed by atoms with van der Waals surface area (Å²) < 4.78 is 17.0. The van der Waals surface area contributed by atoms with Crippen molar-refractivity contribution in [2.75, 3.05) is 13.2 Å². The molecule has 0 aromatic heterocycles. The molecule has 0 amide bonds. The molecule has 0 saturated carbocycles. The summed E-state index contributed by atoms with van der Waals surface area (Å²) in [6.45, 7) is 6.43. The van der Waals surface area contributed by atoms with Crippen LogP contribution in [0.15, 0.2) is 109 Å². The SMILES string of the molecule is CC/C=C\C/C=C\C/C=C\C/C=C\C/C=C\CCCCCCCC(=O)OC(COC(=O)CCCCCCCCCCCC/C=C\C/C=C\C/C=C\C/C=C\CC)COC(=O)CCCCCCCCCCCCCCCCCCC. The summed E-state index contributed by atoms with van der Waals surface area (Å²) in [5.74, 6) is -0.896. The predicted molar refractivity (Wildman–Crippen MR) is 343 cm³/mol. The normalized spacial score (nSPS) is 12.8. The maximum atomic E-state index is 12.9. The maximum absolute atomic E-state index is 12.9. The van der Waals surface area contributed by atoms with E-state index in [4.69, 9.17) is 14.2 Å². The third kappa shape index (κ3) is 64.8. The van der Waals surface area contributed by atoms with Gasteiger partial charge in [0.05, 0.1) is 0 Å². The summed E-state index contributed by atoms with van der Waals surface area (Å²) in [5, 5.41) is 0. The van der Waals surface area contributed by atoms with E-state index in [1.54, 1.807) is 0 Å². The van der Waals surface area contributed by atoms with E-state index in [1.807, 2.05) is 0 Å². The first-order valence-electron chi connectivity index (χ1n) is 33.4. The van der Waals surface area contributed by atoms with Crippen molar-refractivity contribution in [3.8, 4) is 0 Å². The van der Waals surface area contributed by atoms with Crippen molar-refractivity contribution in [3.63, 3.8) is 0 Å². The smallest absolute Gasteiger partial charge is 0.306 e. The molecule has 1 atom stereocenters. The van der Waals surface area contributed by atoms with Crippen LogP contribution in [0.5, 0.6) is 0 Å². The Morgan fingerprint density at radius 3 is 0.772 bits per heavy atom. The van der Waals surface area contributed by atoms with Crippen LogP contribution in [0.25, 0.3) is 0 Å². The summed E-state index contributed by atoms with van der Waals surface area (Å²) >= 11 is 0. The number of esters is 3. The monoisotopic (exact) mass is 1100 g/mol. The molecule has 0 heterocycles. The zero-order valence-corrected chi connectivity index (χ0v) is 51.9. The second-order valence-corrected chi connectivity index (χ2v) is 22.0. The minimum Gasteiger partial charge on any atom is -0.462 e. The Balaban J connectivity index is 4.41. The highest BCUT2D eigenvalue weighted by Gasteiger charge is 2.19. The van der Waals surface area contributed by atoms with Crippen LogP contribution >= 0.6 is 0 Å². The number of carbonyl (C=O) groups is 3. The van der Waals surface area contributed by atoms with Crippen molar-refractivity contribution in [1.82, 2.24) is 0 Å². The minimum absolute atomic E-state index is 0.0854. The molecule has 79 heavy (non-hydrogen) atoms. The number of allylic oxidation sites excluding steroid dienone is 18. The van der Waals surface area contributed by atoms with Crippen LogP contribution in [0.4, 0.5) is 0 Å². The fraction of sp³-hybridized carbons (Fsp3) is 0.712. The average molecular weight is 1100 g/mol. The van der Waals surface area contributed by atoms with Gasteiger partial charge in [0, 0.05) is 19.3 Å². The average Bonchev–Trinajstić information content (AvgIpc) is 3.45. The molecule has 452 valence electrons. The number of rotatable bonds is 60. The van der Waals surface area contributed by atoms with E-state index >= 15 is 0 Å². The van der Waals surface area contributed by atoms with Crippen LogP contribution in [0, 0.1) is 0 Å². The lowest BCUT2D eigenvalue weighted by Gasteiger charge is -2.18. The second-order valence-electron chi connectivity index (χ2n) is 22.0. The molecular weight excluding hydrogens is 973 g/mol. The van der Waals surface area contributed by atoms with Gasteiger partial charge in [-0.2, -0.15) is 0 Å². The van der Waals surface area contributed by atoms with E-state index in [0.29, 0.717) is 19.3 Å².